The standard InChI is InChI=1S/C29H30/c1-20-14-16-26(22-15-17-25-21(2)27(25)19-22)28(18-20)29(3,23-10-6-4-7-11-23)24-12-8-5-9-13-24/h4,6-8,10-19,21,25,27H,5,9H2,1-3H3. The summed E-state index contributed by atoms with van der Waals surface area (Å²) < 4.78 is 0. The molecule has 0 spiro atoms. The summed E-state index contributed by atoms with van der Waals surface area (Å²) in [7, 11) is 0. The zero-order valence-electron chi connectivity index (χ0n) is 17.7. The van der Waals surface area contributed by atoms with Crippen molar-refractivity contribution in [3.05, 3.63) is 113 Å². The maximum Gasteiger partial charge on any atom is 0.0426 e. The number of aryl methyl sites for hydroxylation is 1. The highest BCUT2D eigenvalue weighted by Gasteiger charge is 2.45. The van der Waals surface area contributed by atoms with Crippen molar-refractivity contribution in [2.45, 2.75) is 39.0 Å². The van der Waals surface area contributed by atoms with Gasteiger partial charge >= 0.3 is 0 Å². The predicted molar refractivity (Wildman–Crippen MR) is 124 cm³/mol. The molecule has 146 valence electrons. The van der Waals surface area contributed by atoms with Crippen LogP contribution in [0.3, 0.4) is 0 Å². The number of allylic oxidation sites excluding steroid dienone is 8. The van der Waals surface area contributed by atoms with E-state index in [9.17, 15) is 0 Å². The Hall–Kier alpha value is -2.60. The number of benzene rings is 2. The van der Waals surface area contributed by atoms with Gasteiger partial charge in [0.05, 0.1) is 0 Å². The topological polar surface area (TPSA) is 0 Å². The van der Waals surface area contributed by atoms with E-state index in [4.69, 9.17) is 0 Å². The van der Waals surface area contributed by atoms with Gasteiger partial charge in [0.15, 0.2) is 0 Å². The smallest absolute Gasteiger partial charge is 0.0426 e. The Morgan fingerprint density at radius 2 is 1.76 bits per heavy atom. The summed E-state index contributed by atoms with van der Waals surface area (Å²) in [5.41, 5.74) is 8.14. The van der Waals surface area contributed by atoms with Gasteiger partial charge in [-0.2, -0.15) is 0 Å². The van der Waals surface area contributed by atoms with Crippen LogP contribution in [0.15, 0.2) is 90.6 Å². The molecule has 29 heavy (non-hydrogen) atoms. The van der Waals surface area contributed by atoms with E-state index in [0.29, 0.717) is 0 Å². The summed E-state index contributed by atoms with van der Waals surface area (Å²) in [6, 6.07) is 18.1. The molecule has 0 aromatic heterocycles. The molecule has 0 aliphatic heterocycles. The van der Waals surface area contributed by atoms with Gasteiger partial charge in [-0.3, -0.25) is 0 Å². The quantitative estimate of drug-likeness (QED) is 0.519. The monoisotopic (exact) mass is 378 g/mol. The predicted octanol–water partition coefficient (Wildman–Crippen LogP) is 7.41. The van der Waals surface area contributed by atoms with Gasteiger partial charge in [-0.15, -0.1) is 0 Å². The molecule has 0 heterocycles. The maximum atomic E-state index is 2.53. The number of rotatable bonds is 4. The third kappa shape index (κ3) is 3.06. The van der Waals surface area contributed by atoms with Crippen LogP contribution in [0.2, 0.25) is 0 Å². The van der Waals surface area contributed by atoms with Crippen molar-refractivity contribution in [1.29, 1.82) is 0 Å². The molecule has 2 aromatic rings. The molecule has 4 unspecified atom stereocenters. The second-order valence-corrected chi connectivity index (χ2v) is 9.17. The molecule has 3 aliphatic carbocycles. The van der Waals surface area contributed by atoms with Crippen LogP contribution in [0.25, 0.3) is 5.57 Å². The fraction of sp³-hybridized carbons (Fsp3) is 0.310. The van der Waals surface area contributed by atoms with Crippen LogP contribution in [-0.2, 0) is 5.41 Å². The molecule has 2 aromatic carbocycles. The molecule has 1 saturated carbocycles. The van der Waals surface area contributed by atoms with Gasteiger partial charge in [-0.25, -0.2) is 0 Å². The third-order valence-corrected chi connectivity index (χ3v) is 7.34. The largest absolute Gasteiger partial charge is 0.0839 e. The molecule has 0 saturated heterocycles. The molecule has 0 heteroatoms. The summed E-state index contributed by atoms with van der Waals surface area (Å²) in [5.74, 6) is 2.28. The molecular formula is C29H30. The average Bonchev–Trinajstić information content (AvgIpc) is 3.43. The van der Waals surface area contributed by atoms with Gasteiger partial charge in [-0.05, 0) is 72.3 Å². The van der Waals surface area contributed by atoms with E-state index in [1.54, 1.807) is 0 Å². The van der Waals surface area contributed by atoms with E-state index >= 15 is 0 Å². The highest BCUT2D eigenvalue weighted by Crippen LogP contribution is 2.53. The minimum atomic E-state index is -0.166. The van der Waals surface area contributed by atoms with Crippen molar-refractivity contribution < 1.29 is 0 Å². The van der Waals surface area contributed by atoms with Crippen molar-refractivity contribution in [1.82, 2.24) is 0 Å². The van der Waals surface area contributed by atoms with Gasteiger partial charge in [0, 0.05) is 5.41 Å². The van der Waals surface area contributed by atoms with Crippen molar-refractivity contribution in [2.24, 2.45) is 17.8 Å². The Labute approximate surface area is 175 Å². The normalized spacial score (nSPS) is 26.9. The molecule has 1 fully saturated rings. The van der Waals surface area contributed by atoms with Gasteiger partial charge in [0.1, 0.15) is 0 Å². The fourth-order valence-corrected chi connectivity index (χ4v) is 5.31. The van der Waals surface area contributed by atoms with Crippen LogP contribution < -0.4 is 0 Å². The summed E-state index contributed by atoms with van der Waals surface area (Å²) >= 11 is 0. The first kappa shape index (κ1) is 18.4. The van der Waals surface area contributed by atoms with Crippen molar-refractivity contribution in [2.75, 3.05) is 0 Å². The van der Waals surface area contributed by atoms with E-state index < -0.39 is 0 Å². The zero-order valence-corrected chi connectivity index (χ0v) is 17.7. The molecule has 4 atom stereocenters. The first-order valence-electron chi connectivity index (χ1n) is 11.0. The van der Waals surface area contributed by atoms with Crippen molar-refractivity contribution in [3.8, 4) is 0 Å². The number of hydrogen-bond acceptors (Lipinski definition) is 0. The minimum Gasteiger partial charge on any atom is -0.0839 e. The van der Waals surface area contributed by atoms with Crippen LogP contribution >= 0.6 is 0 Å². The van der Waals surface area contributed by atoms with Gasteiger partial charge in [0.2, 0.25) is 0 Å². The molecule has 0 bridgehead atoms. The molecule has 5 rings (SSSR count). The Kier molecular flexibility index (Phi) is 4.46. The van der Waals surface area contributed by atoms with Crippen molar-refractivity contribution in [3.63, 3.8) is 0 Å². The minimum absolute atomic E-state index is 0.166. The lowest BCUT2D eigenvalue weighted by atomic mass is 9.67. The zero-order chi connectivity index (χ0) is 20.0. The molecule has 0 N–H and O–H groups in total. The molecule has 0 nitrogen and oxygen atoms in total. The lowest BCUT2D eigenvalue weighted by molar-refractivity contribution is 0.678. The SMILES string of the molecule is Cc1ccc(C2=CC3C(C)C3C=C2)c(C(C)(C2=CCCC=C2)c2ccccc2)c1. The molecule has 0 radical (unpaired) electrons. The van der Waals surface area contributed by atoms with Gasteiger partial charge in [0.25, 0.3) is 0 Å². The Bertz CT molecular complexity index is 1050. The summed E-state index contributed by atoms with van der Waals surface area (Å²) in [4.78, 5) is 0. The van der Waals surface area contributed by atoms with Gasteiger partial charge < -0.3 is 0 Å². The Morgan fingerprint density at radius 3 is 2.48 bits per heavy atom. The summed E-state index contributed by atoms with van der Waals surface area (Å²) in [5, 5.41) is 0. The lowest BCUT2D eigenvalue weighted by Crippen LogP contribution is -2.28. The highest BCUT2D eigenvalue weighted by atomic mass is 14.5. The second-order valence-electron chi connectivity index (χ2n) is 9.17. The average molecular weight is 379 g/mol. The summed E-state index contributed by atoms with van der Waals surface area (Å²) in [6.07, 6.45) is 16.7. The molecule has 0 amide bonds. The van der Waals surface area contributed by atoms with E-state index in [1.165, 1.54) is 33.4 Å². The highest BCUT2D eigenvalue weighted by molar-refractivity contribution is 5.80. The van der Waals surface area contributed by atoms with Crippen molar-refractivity contribution >= 4 is 5.57 Å². The third-order valence-electron chi connectivity index (χ3n) is 7.34. The fourth-order valence-electron chi connectivity index (χ4n) is 5.31. The van der Waals surface area contributed by atoms with E-state index in [-0.39, 0.29) is 5.41 Å². The number of hydrogen-bond donors (Lipinski definition) is 0. The summed E-state index contributed by atoms with van der Waals surface area (Å²) in [6.45, 7) is 7.01. The van der Waals surface area contributed by atoms with Crippen LogP contribution in [0.5, 0.6) is 0 Å². The van der Waals surface area contributed by atoms with Crippen LogP contribution in [0.4, 0.5) is 0 Å². The molecular weight excluding hydrogens is 348 g/mol. The second kappa shape index (κ2) is 7.02. The van der Waals surface area contributed by atoms with Crippen LogP contribution in [0.1, 0.15) is 48.9 Å². The van der Waals surface area contributed by atoms with E-state index in [0.717, 1.165) is 30.6 Å². The van der Waals surface area contributed by atoms with E-state index in [1.807, 2.05) is 0 Å². The molecule has 3 aliphatic rings. The first-order valence-corrected chi connectivity index (χ1v) is 11.0. The van der Waals surface area contributed by atoms with Crippen LogP contribution in [0, 0.1) is 24.7 Å². The number of fused-ring (bicyclic) bond motifs is 1. The first-order chi connectivity index (χ1) is 14.1. The van der Waals surface area contributed by atoms with Gasteiger partial charge in [-0.1, -0.05) is 97.5 Å². The Balaban J connectivity index is 1.72. The lowest BCUT2D eigenvalue weighted by Gasteiger charge is -2.36. The Morgan fingerprint density at radius 1 is 0.931 bits per heavy atom. The van der Waals surface area contributed by atoms with Crippen LogP contribution in [-0.4, -0.2) is 0 Å². The van der Waals surface area contributed by atoms with E-state index in [2.05, 4.69) is 106 Å². The maximum absolute atomic E-state index is 2.53.